The van der Waals surface area contributed by atoms with Crippen LogP contribution >= 0.6 is 23.1 Å². The lowest BCUT2D eigenvalue weighted by Gasteiger charge is -2.28. The molecule has 1 N–H and O–H groups in total. The fourth-order valence-corrected chi connectivity index (χ4v) is 4.63. The van der Waals surface area contributed by atoms with Crippen LogP contribution in [0.5, 0.6) is 0 Å². The van der Waals surface area contributed by atoms with E-state index in [1.165, 1.54) is 12.6 Å². The monoisotopic (exact) mass is 296 g/mol. The van der Waals surface area contributed by atoms with Crippen molar-refractivity contribution < 1.29 is 13.2 Å². The molecule has 2 unspecified atom stereocenters. The maximum atomic E-state index is 12.5. The van der Waals surface area contributed by atoms with Crippen molar-refractivity contribution >= 4 is 23.1 Å². The van der Waals surface area contributed by atoms with Crippen molar-refractivity contribution in [3.8, 4) is 0 Å². The molecule has 0 spiro atoms. The molecule has 1 aromatic heterocycles. The maximum absolute atomic E-state index is 12.5. The van der Waals surface area contributed by atoms with E-state index in [2.05, 4.69) is 10.3 Å². The van der Waals surface area contributed by atoms with Crippen molar-refractivity contribution in [2.45, 2.75) is 36.7 Å². The summed E-state index contributed by atoms with van der Waals surface area (Å²) < 4.78 is 37.6. The number of aromatic nitrogens is 1. The molecule has 1 aliphatic heterocycles. The molecule has 1 aliphatic rings. The van der Waals surface area contributed by atoms with Crippen LogP contribution in [0.15, 0.2) is 6.20 Å². The number of thiazole rings is 1. The molecule has 0 amide bonds. The Balaban J connectivity index is 2.14. The van der Waals surface area contributed by atoms with E-state index in [4.69, 9.17) is 0 Å². The number of alkyl halides is 3. The van der Waals surface area contributed by atoms with Gasteiger partial charge in [0.15, 0.2) is 5.01 Å². The van der Waals surface area contributed by atoms with Crippen LogP contribution in [0.25, 0.3) is 0 Å². The molecule has 2 heterocycles. The van der Waals surface area contributed by atoms with Gasteiger partial charge in [0.2, 0.25) is 0 Å². The molecule has 1 aromatic rings. The van der Waals surface area contributed by atoms with Gasteiger partial charge in [-0.25, -0.2) is 4.98 Å². The van der Waals surface area contributed by atoms with Gasteiger partial charge < -0.3 is 5.32 Å². The van der Waals surface area contributed by atoms with Gasteiger partial charge in [0.25, 0.3) is 0 Å². The van der Waals surface area contributed by atoms with Crippen LogP contribution < -0.4 is 5.32 Å². The van der Waals surface area contributed by atoms with Gasteiger partial charge in [-0.2, -0.15) is 24.9 Å². The Bertz CT molecular complexity index is 386. The molecule has 2 atom stereocenters. The number of halogens is 3. The normalized spacial score (nSPS) is 23.0. The van der Waals surface area contributed by atoms with Crippen LogP contribution in [0.4, 0.5) is 13.2 Å². The van der Waals surface area contributed by atoms with Gasteiger partial charge in [0.05, 0.1) is 6.04 Å². The van der Waals surface area contributed by atoms with E-state index in [1.54, 1.807) is 7.05 Å². The van der Waals surface area contributed by atoms with Gasteiger partial charge in [0, 0.05) is 16.3 Å². The second-order valence-corrected chi connectivity index (χ2v) is 6.65. The van der Waals surface area contributed by atoms with Gasteiger partial charge in [0.1, 0.15) is 0 Å². The lowest BCUT2D eigenvalue weighted by atomic mass is 10.1. The first kappa shape index (κ1) is 14.1. The summed E-state index contributed by atoms with van der Waals surface area (Å²) >= 11 is 2.60. The van der Waals surface area contributed by atoms with Gasteiger partial charge in [-0.1, -0.05) is 6.42 Å². The van der Waals surface area contributed by atoms with Crippen LogP contribution in [-0.4, -0.2) is 23.0 Å². The topological polar surface area (TPSA) is 24.9 Å². The summed E-state index contributed by atoms with van der Waals surface area (Å²) in [6.45, 7) is 0. The summed E-state index contributed by atoms with van der Waals surface area (Å²) in [6.07, 6.45) is 0.440. The van der Waals surface area contributed by atoms with E-state index in [1.807, 2.05) is 11.8 Å². The summed E-state index contributed by atoms with van der Waals surface area (Å²) in [5.41, 5.74) is 0. The third-order valence-electron chi connectivity index (χ3n) is 2.97. The third kappa shape index (κ3) is 3.19. The zero-order chi connectivity index (χ0) is 13.2. The van der Waals surface area contributed by atoms with Crippen LogP contribution in [0.2, 0.25) is 0 Å². The zero-order valence-electron chi connectivity index (χ0n) is 9.96. The fourth-order valence-electron chi connectivity index (χ4n) is 2.10. The van der Waals surface area contributed by atoms with Gasteiger partial charge in [-0.15, -0.1) is 11.3 Å². The minimum absolute atomic E-state index is 0.0242. The van der Waals surface area contributed by atoms with E-state index in [0.29, 0.717) is 10.1 Å². The Morgan fingerprint density at radius 2 is 2.22 bits per heavy atom. The number of nitrogens with one attached hydrogen (secondary N) is 1. The molecular weight excluding hydrogens is 281 g/mol. The van der Waals surface area contributed by atoms with Crippen molar-refractivity contribution in [1.82, 2.24) is 10.3 Å². The molecule has 1 saturated heterocycles. The summed E-state index contributed by atoms with van der Waals surface area (Å²) in [4.78, 5) is 4.18. The van der Waals surface area contributed by atoms with Crippen LogP contribution in [0.1, 0.15) is 35.2 Å². The van der Waals surface area contributed by atoms with Crippen molar-refractivity contribution in [2.24, 2.45) is 0 Å². The number of hydrogen-bond donors (Lipinski definition) is 1. The van der Waals surface area contributed by atoms with E-state index in [9.17, 15) is 13.2 Å². The van der Waals surface area contributed by atoms with E-state index in [0.717, 1.165) is 29.9 Å². The maximum Gasteiger partial charge on any atom is 0.443 e. The van der Waals surface area contributed by atoms with Gasteiger partial charge in [-0.05, 0) is 25.6 Å². The molecule has 0 aliphatic carbocycles. The first-order chi connectivity index (χ1) is 8.52. The highest BCUT2D eigenvalue weighted by atomic mass is 32.2. The predicted molar refractivity (Wildman–Crippen MR) is 69.0 cm³/mol. The van der Waals surface area contributed by atoms with Crippen molar-refractivity contribution in [3.63, 3.8) is 0 Å². The van der Waals surface area contributed by atoms with Crippen molar-refractivity contribution in [2.75, 3.05) is 12.8 Å². The quantitative estimate of drug-likeness (QED) is 0.920. The molecule has 7 heteroatoms. The Morgan fingerprint density at radius 1 is 1.44 bits per heavy atom. The molecule has 0 bridgehead atoms. The minimum atomic E-state index is -4.33. The summed E-state index contributed by atoms with van der Waals surface area (Å²) in [6, 6.07) is -0.0242. The molecule has 18 heavy (non-hydrogen) atoms. The Labute approximate surface area is 112 Å². The van der Waals surface area contributed by atoms with E-state index >= 15 is 0 Å². The molecule has 0 radical (unpaired) electrons. The average molecular weight is 296 g/mol. The number of nitrogens with zero attached hydrogens (tertiary/aromatic N) is 1. The van der Waals surface area contributed by atoms with E-state index < -0.39 is 11.2 Å². The summed E-state index contributed by atoms with van der Waals surface area (Å²) in [7, 11) is 1.80. The highest BCUT2D eigenvalue weighted by Gasteiger charge is 2.36. The average Bonchev–Trinajstić information content (AvgIpc) is 2.81. The first-order valence-corrected chi connectivity index (χ1v) is 7.70. The van der Waals surface area contributed by atoms with Gasteiger partial charge in [-0.3, -0.25) is 0 Å². The van der Waals surface area contributed by atoms with Crippen molar-refractivity contribution in [3.05, 3.63) is 16.1 Å². The van der Waals surface area contributed by atoms with Crippen LogP contribution in [0, 0.1) is 0 Å². The second-order valence-electron chi connectivity index (χ2n) is 4.24. The molecule has 0 saturated carbocycles. The zero-order valence-corrected chi connectivity index (χ0v) is 11.6. The number of rotatable bonds is 3. The molecule has 102 valence electrons. The van der Waals surface area contributed by atoms with Crippen molar-refractivity contribution in [1.29, 1.82) is 0 Å². The third-order valence-corrected chi connectivity index (χ3v) is 5.56. The SMILES string of the molecule is CNC(c1cnc(C(F)(F)F)s1)C1CCCCS1. The predicted octanol–water partition coefficient (Wildman–Crippen LogP) is 3.71. The van der Waals surface area contributed by atoms with E-state index in [-0.39, 0.29) is 6.04 Å². The molecule has 2 rings (SSSR count). The summed E-state index contributed by atoms with van der Waals surface area (Å²) in [5.74, 6) is 1.09. The number of hydrogen-bond acceptors (Lipinski definition) is 4. The Morgan fingerprint density at radius 3 is 2.72 bits per heavy atom. The molecule has 1 fully saturated rings. The fraction of sp³-hybridized carbons (Fsp3) is 0.727. The minimum Gasteiger partial charge on any atom is -0.311 e. The largest absolute Gasteiger partial charge is 0.443 e. The molecule has 0 aromatic carbocycles. The molecular formula is C11H15F3N2S2. The summed E-state index contributed by atoms with van der Waals surface area (Å²) in [5, 5.41) is 2.74. The van der Waals surface area contributed by atoms with Crippen LogP contribution in [-0.2, 0) is 6.18 Å². The number of thioether (sulfide) groups is 1. The highest BCUT2D eigenvalue weighted by Crippen LogP contribution is 2.39. The standard InChI is InChI=1S/C11H15F3N2S2/c1-15-9(7-4-2-3-5-17-7)8-6-16-10(18-8)11(12,13)14/h6-7,9,15H,2-5H2,1H3. The molecule has 2 nitrogen and oxygen atoms in total. The second kappa shape index (κ2) is 5.79. The van der Waals surface area contributed by atoms with Gasteiger partial charge >= 0.3 is 6.18 Å². The smallest absolute Gasteiger partial charge is 0.311 e. The Kier molecular flexibility index (Phi) is 4.55. The first-order valence-electron chi connectivity index (χ1n) is 5.84. The Hall–Kier alpha value is -0.270. The highest BCUT2D eigenvalue weighted by molar-refractivity contribution is 8.00. The lowest BCUT2D eigenvalue weighted by molar-refractivity contribution is -0.137. The lowest BCUT2D eigenvalue weighted by Crippen LogP contribution is -2.28. The van der Waals surface area contributed by atoms with Crippen LogP contribution in [0.3, 0.4) is 0 Å².